The summed E-state index contributed by atoms with van der Waals surface area (Å²) in [6, 6.07) is 9.01. The fourth-order valence-corrected chi connectivity index (χ4v) is 2.89. The lowest BCUT2D eigenvalue weighted by molar-refractivity contribution is 0.117. The fourth-order valence-electron chi connectivity index (χ4n) is 2.89. The van der Waals surface area contributed by atoms with E-state index in [0.29, 0.717) is 0 Å². The Labute approximate surface area is 125 Å². The van der Waals surface area contributed by atoms with Crippen molar-refractivity contribution in [3.05, 3.63) is 41.9 Å². The first-order valence-corrected chi connectivity index (χ1v) is 7.70. The smallest absolute Gasteiger partial charge is 0.123 e. The molecule has 0 radical (unpaired) electrons. The molecule has 1 aromatic heterocycles. The standard InChI is InChI=1S/C17H23N3O/c1-3-4-12-5-7-13(8-6-12)16-11-19-17(20-16)15-9-14(21-2)10-18-15/h5-8,11,14-15,18H,3-4,9-10H2,1-2H3,(H,19,20). The van der Waals surface area contributed by atoms with Gasteiger partial charge in [-0.2, -0.15) is 0 Å². The molecule has 0 bridgehead atoms. The molecule has 1 fully saturated rings. The fraction of sp³-hybridized carbons (Fsp3) is 0.471. The molecule has 0 aliphatic carbocycles. The molecule has 1 saturated heterocycles. The van der Waals surface area contributed by atoms with Gasteiger partial charge in [0.15, 0.2) is 0 Å². The quantitative estimate of drug-likeness (QED) is 0.887. The van der Waals surface area contributed by atoms with Gasteiger partial charge < -0.3 is 15.0 Å². The van der Waals surface area contributed by atoms with E-state index in [-0.39, 0.29) is 12.1 Å². The van der Waals surface area contributed by atoms with Gasteiger partial charge in [-0.15, -0.1) is 0 Å². The number of hydrogen-bond acceptors (Lipinski definition) is 3. The largest absolute Gasteiger partial charge is 0.380 e. The number of benzene rings is 1. The van der Waals surface area contributed by atoms with Gasteiger partial charge in [0.25, 0.3) is 0 Å². The highest BCUT2D eigenvalue weighted by atomic mass is 16.5. The minimum Gasteiger partial charge on any atom is -0.380 e. The van der Waals surface area contributed by atoms with Crippen molar-refractivity contribution in [1.82, 2.24) is 15.3 Å². The topological polar surface area (TPSA) is 49.9 Å². The minimum absolute atomic E-state index is 0.267. The van der Waals surface area contributed by atoms with Crippen LogP contribution in [0.15, 0.2) is 30.5 Å². The van der Waals surface area contributed by atoms with Crippen molar-refractivity contribution >= 4 is 0 Å². The maximum atomic E-state index is 5.39. The Hall–Kier alpha value is -1.65. The molecule has 3 rings (SSSR count). The van der Waals surface area contributed by atoms with Gasteiger partial charge >= 0.3 is 0 Å². The summed E-state index contributed by atoms with van der Waals surface area (Å²) in [5.74, 6) is 1.00. The molecule has 1 aliphatic rings. The zero-order chi connectivity index (χ0) is 14.7. The van der Waals surface area contributed by atoms with E-state index in [1.807, 2.05) is 6.20 Å². The van der Waals surface area contributed by atoms with Crippen molar-refractivity contribution in [2.45, 2.75) is 38.3 Å². The Bertz CT molecular complexity index is 576. The van der Waals surface area contributed by atoms with E-state index in [2.05, 4.69) is 46.5 Å². The van der Waals surface area contributed by atoms with Crippen molar-refractivity contribution in [2.24, 2.45) is 0 Å². The van der Waals surface area contributed by atoms with Crippen LogP contribution in [0.1, 0.15) is 37.2 Å². The molecule has 112 valence electrons. The van der Waals surface area contributed by atoms with E-state index in [1.165, 1.54) is 17.5 Å². The van der Waals surface area contributed by atoms with Crippen molar-refractivity contribution < 1.29 is 4.74 Å². The summed E-state index contributed by atoms with van der Waals surface area (Å²) in [6.45, 7) is 3.10. The maximum absolute atomic E-state index is 5.39. The average Bonchev–Trinajstić information content (AvgIpc) is 3.17. The number of aromatic nitrogens is 2. The third kappa shape index (κ3) is 3.17. The highest BCUT2D eigenvalue weighted by Gasteiger charge is 2.27. The van der Waals surface area contributed by atoms with E-state index in [1.54, 1.807) is 7.11 Å². The number of nitrogens with zero attached hydrogens (tertiary/aromatic N) is 1. The van der Waals surface area contributed by atoms with Crippen LogP contribution in [0.2, 0.25) is 0 Å². The molecule has 2 unspecified atom stereocenters. The molecular formula is C17H23N3O. The third-order valence-electron chi connectivity index (χ3n) is 4.15. The van der Waals surface area contributed by atoms with Crippen LogP contribution in [0.25, 0.3) is 11.3 Å². The van der Waals surface area contributed by atoms with Crippen LogP contribution in [0.4, 0.5) is 0 Å². The predicted molar refractivity (Wildman–Crippen MR) is 84.2 cm³/mol. The Morgan fingerprint density at radius 1 is 1.29 bits per heavy atom. The van der Waals surface area contributed by atoms with Crippen molar-refractivity contribution in [3.8, 4) is 11.3 Å². The second kappa shape index (κ2) is 6.41. The Morgan fingerprint density at radius 3 is 2.76 bits per heavy atom. The summed E-state index contributed by atoms with van der Waals surface area (Å²) in [4.78, 5) is 7.97. The van der Waals surface area contributed by atoms with Crippen LogP contribution < -0.4 is 5.32 Å². The van der Waals surface area contributed by atoms with Gasteiger partial charge in [0.2, 0.25) is 0 Å². The number of ether oxygens (including phenoxy) is 1. The number of aryl methyl sites for hydroxylation is 1. The number of aromatic amines is 1. The van der Waals surface area contributed by atoms with Gasteiger partial charge in [0, 0.05) is 13.7 Å². The monoisotopic (exact) mass is 285 g/mol. The SMILES string of the molecule is CCCc1ccc(-c2cnc(C3CC(OC)CN3)[nH]2)cc1. The van der Waals surface area contributed by atoms with E-state index in [9.17, 15) is 0 Å². The molecule has 2 heterocycles. The third-order valence-corrected chi connectivity index (χ3v) is 4.15. The number of imidazole rings is 1. The molecule has 21 heavy (non-hydrogen) atoms. The molecule has 0 spiro atoms. The molecular weight excluding hydrogens is 262 g/mol. The van der Waals surface area contributed by atoms with Crippen molar-refractivity contribution in [3.63, 3.8) is 0 Å². The molecule has 4 heteroatoms. The second-order valence-electron chi connectivity index (χ2n) is 5.68. The second-order valence-corrected chi connectivity index (χ2v) is 5.68. The number of rotatable bonds is 5. The van der Waals surface area contributed by atoms with E-state index in [0.717, 1.165) is 30.9 Å². The Morgan fingerprint density at radius 2 is 2.10 bits per heavy atom. The first-order chi connectivity index (χ1) is 10.3. The zero-order valence-corrected chi connectivity index (χ0v) is 12.7. The normalized spacial score (nSPS) is 21.8. The molecule has 1 aliphatic heterocycles. The molecule has 2 atom stereocenters. The Balaban J connectivity index is 1.72. The van der Waals surface area contributed by atoms with E-state index in [4.69, 9.17) is 4.74 Å². The first kappa shape index (κ1) is 14.3. The lowest BCUT2D eigenvalue weighted by atomic mass is 10.1. The summed E-state index contributed by atoms with van der Waals surface area (Å²) in [6.07, 6.45) is 5.50. The van der Waals surface area contributed by atoms with Crippen molar-refractivity contribution in [2.75, 3.05) is 13.7 Å². The number of nitrogens with one attached hydrogen (secondary N) is 2. The molecule has 0 saturated carbocycles. The average molecular weight is 285 g/mol. The van der Waals surface area contributed by atoms with Gasteiger partial charge in [0.1, 0.15) is 5.82 Å². The summed E-state index contributed by atoms with van der Waals surface area (Å²) in [5.41, 5.74) is 3.66. The first-order valence-electron chi connectivity index (χ1n) is 7.70. The lowest BCUT2D eigenvalue weighted by Crippen LogP contribution is -2.16. The van der Waals surface area contributed by atoms with Crippen LogP contribution in [0, 0.1) is 0 Å². The van der Waals surface area contributed by atoms with Crippen LogP contribution in [-0.2, 0) is 11.2 Å². The van der Waals surface area contributed by atoms with E-state index < -0.39 is 0 Å². The lowest BCUT2D eigenvalue weighted by Gasteiger charge is -2.07. The molecule has 2 N–H and O–H groups in total. The van der Waals surface area contributed by atoms with Gasteiger partial charge in [-0.25, -0.2) is 4.98 Å². The highest BCUT2D eigenvalue weighted by Crippen LogP contribution is 2.25. The molecule has 0 amide bonds. The van der Waals surface area contributed by atoms with Gasteiger partial charge in [-0.05, 0) is 24.0 Å². The van der Waals surface area contributed by atoms with Gasteiger partial charge in [0.05, 0.1) is 24.0 Å². The molecule has 4 nitrogen and oxygen atoms in total. The maximum Gasteiger partial charge on any atom is 0.123 e. The minimum atomic E-state index is 0.267. The summed E-state index contributed by atoms with van der Waals surface area (Å²) in [5, 5.41) is 3.45. The molecule has 2 aromatic rings. The van der Waals surface area contributed by atoms with Crippen LogP contribution in [-0.4, -0.2) is 29.7 Å². The predicted octanol–water partition coefficient (Wildman–Crippen LogP) is 3.08. The zero-order valence-electron chi connectivity index (χ0n) is 12.7. The highest BCUT2D eigenvalue weighted by molar-refractivity contribution is 5.58. The summed E-state index contributed by atoms with van der Waals surface area (Å²) in [7, 11) is 1.76. The van der Waals surface area contributed by atoms with Gasteiger partial charge in [-0.1, -0.05) is 37.6 Å². The van der Waals surface area contributed by atoms with E-state index >= 15 is 0 Å². The summed E-state index contributed by atoms with van der Waals surface area (Å²) < 4.78 is 5.39. The van der Waals surface area contributed by atoms with Crippen LogP contribution >= 0.6 is 0 Å². The number of hydrogen-bond donors (Lipinski definition) is 2. The van der Waals surface area contributed by atoms with Crippen LogP contribution in [0.3, 0.4) is 0 Å². The van der Waals surface area contributed by atoms with Gasteiger partial charge in [-0.3, -0.25) is 0 Å². The van der Waals surface area contributed by atoms with Crippen molar-refractivity contribution in [1.29, 1.82) is 0 Å². The number of H-pyrrole nitrogens is 1. The Kier molecular flexibility index (Phi) is 4.36. The number of methoxy groups -OCH3 is 1. The summed E-state index contributed by atoms with van der Waals surface area (Å²) >= 11 is 0. The molecule has 1 aromatic carbocycles. The van der Waals surface area contributed by atoms with Crippen LogP contribution in [0.5, 0.6) is 0 Å².